The summed E-state index contributed by atoms with van der Waals surface area (Å²) < 4.78 is 4.88. The third kappa shape index (κ3) is 4.53. The van der Waals surface area contributed by atoms with E-state index in [9.17, 15) is 4.79 Å². The monoisotopic (exact) mass is 259 g/mol. The number of aromatic nitrogens is 1. The second-order valence-corrected chi connectivity index (χ2v) is 5.73. The summed E-state index contributed by atoms with van der Waals surface area (Å²) >= 11 is 3.37. The van der Waals surface area contributed by atoms with Crippen molar-refractivity contribution in [3.05, 3.63) is 16.1 Å². The van der Waals surface area contributed by atoms with Crippen LogP contribution in [0.3, 0.4) is 0 Å². The van der Waals surface area contributed by atoms with Crippen molar-refractivity contribution in [2.75, 3.05) is 12.4 Å². The molecular formula is C11H17NO2S2. The van der Waals surface area contributed by atoms with Gasteiger partial charge in [0.15, 0.2) is 5.69 Å². The lowest BCUT2D eigenvalue weighted by molar-refractivity contribution is 0.0520. The molecule has 0 aliphatic heterocycles. The number of rotatable bonds is 6. The number of carbonyl (C=O) groups is 1. The molecule has 0 unspecified atom stereocenters. The van der Waals surface area contributed by atoms with Crippen LogP contribution in [0.5, 0.6) is 0 Å². The summed E-state index contributed by atoms with van der Waals surface area (Å²) in [6.07, 6.45) is 0. The van der Waals surface area contributed by atoms with Crippen LogP contribution in [0.15, 0.2) is 5.38 Å². The van der Waals surface area contributed by atoms with Crippen LogP contribution in [0.4, 0.5) is 0 Å². The average molecular weight is 259 g/mol. The number of thiazole rings is 1. The van der Waals surface area contributed by atoms with Crippen LogP contribution in [0.25, 0.3) is 0 Å². The molecule has 0 aromatic carbocycles. The van der Waals surface area contributed by atoms with Crippen LogP contribution in [-0.4, -0.2) is 23.3 Å². The minimum atomic E-state index is -0.321. The summed E-state index contributed by atoms with van der Waals surface area (Å²) in [5.74, 6) is 2.37. The molecule has 1 rings (SSSR count). The molecule has 0 spiro atoms. The van der Waals surface area contributed by atoms with Crippen LogP contribution in [0.2, 0.25) is 0 Å². The van der Waals surface area contributed by atoms with Gasteiger partial charge in [-0.2, -0.15) is 11.8 Å². The predicted molar refractivity (Wildman–Crippen MR) is 69.1 cm³/mol. The number of nitrogens with zero attached hydrogens (tertiary/aromatic N) is 1. The molecule has 0 N–H and O–H groups in total. The second kappa shape index (κ2) is 6.91. The van der Waals surface area contributed by atoms with Gasteiger partial charge in [-0.3, -0.25) is 0 Å². The van der Waals surface area contributed by atoms with E-state index in [0.717, 1.165) is 16.5 Å². The normalized spacial score (nSPS) is 10.8. The Hall–Kier alpha value is -0.550. The first-order chi connectivity index (χ1) is 7.63. The van der Waals surface area contributed by atoms with Gasteiger partial charge in [-0.25, -0.2) is 9.78 Å². The summed E-state index contributed by atoms with van der Waals surface area (Å²) in [5.41, 5.74) is 0.437. The number of carbonyl (C=O) groups excluding carboxylic acids is 1. The maximum atomic E-state index is 11.4. The molecule has 0 aliphatic carbocycles. The van der Waals surface area contributed by atoms with Gasteiger partial charge in [0.2, 0.25) is 0 Å². The van der Waals surface area contributed by atoms with Gasteiger partial charge in [0.1, 0.15) is 5.01 Å². The van der Waals surface area contributed by atoms with Gasteiger partial charge in [-0.15, -0.1) is 11.3 Å². The van der Waals surface area contributed by atoms with Crippen molar-refractivity contribution in [1.82, 2.24) is 4.98 Å². The Bertz CT molecular complexity index is 336. The lowest BCUT2D eigenvalue weighted by Gasteiger charge is -2.01. The zero-order chi connectivity index (χ0) is 12.0. The molecule has 90 valence electrons. The van der Waals surface area contributed by atoms with E-state index >= 15 is 0 Å². The first-order valence-corrected chi connectivity index (χ1v) is 7.36. The predicted octanol–water partition coefficient (Wildman–Crippen LogP) is 3.21. The van der Waals surface area contributed by atoms with Crippen LogP contribution in [-0.2, 0) is 10.5 Å². The molecular weight excluding hydrogens is 242 g/mol. The van der Waals surface area contributed by atoms with Crippen molar-refractivity contribution in [2.24, 2.45) is 5.92 Å². The van der Waals surface area contributed by atoms with Crippen molar-refractivity contribution in [3.63, 3.8) is 0 Å². The lowest BCUT2D eigenvalue weighted by Crippen LogP contribution is -2.04. The highest BCUT2D eigenvalue weighted by Gasteiger charge is 2.11. The van der Waals surface area contributed by atoms with E-state index in [1.54, 1.807) is 12.3 Å². The van der Waals surface area contributed by atoms with E-state index in [2.05, 4.69) is 18.8 Å². The van der Waals surface area contributed by atoms with E-state index in [-0.39, 0.29) is 5.97 Å². The SMILES string of the molecule is CCOC(=O)c1csc(CSCC(C)C)n1. The fourth-order valence-electron chi connectivity index (χ4n) is 1.06. The molecule has 1 aromatic heterocycles. The Morgan fingerprint density at radius 1 is 1.62 bits per heavy atom. The smallest absolute Gasteiger partial charge is 0.357 e. The summed E-state index contributed by atoms with van der Waals surface area (Å²) in [5, 5.41) is 2.76. The van der Waals surface area contributed by atoms with E-state index in [1.807, 2.05) is 11.8 Å². The number of hydrogen-bond donors (Lipinski definition) is 0. The van der Waals surface area contributed by atoms with Crippen LogP contribution >= 0.6 is 23.1 Å². The summed E-state index contributed by atoms with van der Waals surface area (Å²) in [4.78, 5) is 15.6. The van der Waals surface area contributed by atoms with Gasteiger partial charge >= 0.3 is 5.97 Å². The second-order valence-electron chi connectivity index (χ2n) is 3.76. The molecule has 0 amide bonds. The Morgan fingerprint density at radius 2 is 2.38 bits per heavy atom. The molecule has 3 nitrogen and oxygen atoms in total. The quantitative estimate of drug-likeness (QED) is 0.735. The van der Waals surface area contributed by atoms with Gasteiger partial charge in [0.25, 0.3) is 0 Å². The number of thioether (sulfide) groups is 1. The fraction of sp³-hybridized carbons (Fsp3) is 0.636. The minimum Gasteiger partial charge on any atom is -0.461 e. The average Bonchev–Trinajstić information content (AvgIpc) is 2.66. The summed E-state index contributed by atoms with van der Waals surface area (Å²) in [6, 6.07) is 0. The van der Waals surface area contributed by atoms with E-state index in [1.165, 1.54) is 11.3 Å². The van der Waals surface area contributed by atoms with Crippen molar-refractivity contribution in [3.8, 4) is 0 Å². The Morgan fingerprint density at radius 3 is 3.00 bits per heavy atom. The molecule has 16 heavy (non-hydrogen) atoms. The number of hydrogen-bond acceptors (Lipinski definition) is 5. The highest BCUT2D eigenvalue weighted by atomic mass is 32.2. The third-order valence-corrected chi connectivity index (χ3v) is 4.12. The van der Waals surface area contributed by atoms with Crippen molar-refractivity contribution < 1.29 is 9.53 Å². The highest BCUT2D eigenvalue weighted by molar-refractivity contribution is 7.98. The van der Waals surface area contributed by atoms with E-state index in [4.69, 9.17) is 4.74 Å². The molecule has 0 saturated heterocycles. The molecule has 0 bridgehead atoms. The zero-order valence-corrected chi connectivity index (χ0v) is 11.5. The van der Waals surface area contributed by atoms with Gasteiger partial charge < -0.3 is 4.74 Å². The van der Waals surface area contributed by atoms with Gasteiger partial charge in [-0.1, -0.05) is 13.8 Å². The minimum absolute atomic E-state index is 0.321. The molecule has 0 aliphatic rings. The maximum absolute atomic E-state index is 11.4. The first kappa shape index (κ1) is 13.5. The Balaban J connectivity index is 2.42. The summed E-state index contributed by atoms with van der Waals surface area (Å²) in [6.45, 7) is 6.58. The topological polar surface area (TPSA) is 39.2 Å². The Labute approximate surface area is 105 Å². The van der Waals surface area contributed by atoms with Crippen LogP contribution in [0.1, 0.15) is 36.3 Å². The molecule has 0 fully saturated rings. The van der Waals surface area contributed by atoms with Gasteiger partial charge in [0.05, 0.1) is 6.61 Å². The van der Waals surface area contributed by atoms with Crippen LogP contribution in [0, 0.1) is 5.92 Å². The Kier molecular flexibility index (Phi) is 5.84. The van der Waals surface area contributed by atoms with Crippen molar-refractivity contribution in [2.45, 2.75) is 26.5 Å². The van der Waals surface area contributed by atoms with Gasteiger partial charge in [-0.05, 0) is 18.6 Å². The number of esters is 1. The van der Waals surface area contributed by atoms with Crippen LogP contribution < -0.4 is 0 Å². The largest absolute Gasteiger partial charge is 0.461 e. The lowest BCUT2D eigenvalue weighted by atomic mass is 10.3. The first-order valence-electron chi connectivity index (χ1n) is 5.32. The molecule has 1 heterocycles. The third-order valence-electron chi connectivity index (χ3n) is 1.71. The fourth-order valence-corrected chi connectivity index (χ4v) is 2.96. The molecule has 5 heteroatoms. The standard InChI is InChI=1S/C11H17NO2S2/c1-4-14-11(13)9-6-16-10(12-9)7-15-5-8(2)3/h6,8H,4-5,7H2,1-3H3. The van der Waals surface area contributed by atoms with Crippen molar-refractivity contribution >= 4 is 29.1 Å². The van der Waals surface area contributed by atoms with E-state index < -0.39 is 0 Å². The van der Waals surface area contributed by atoms with Crippen molar-refractivity contribution in [1.29, 1.82) is 0 Å². The summed E-state index contributed by atoms with van der Waals surface area (Å²) in [7, 11) is 0. The maximum Gasteiger partial charge on any atom is 0.357 e. The zero-order valence-electron chi connectivity index (χ0n) is 9.86. The molecule has 0 radical (unpaired) electrons. The molecule has 1 aromatic rings. The highest BCUT2D eigenvalue weighted by Crippen LogP contribution is 2.19. The van der Waals surface area contributed by atoms with E-state index in [0.29, 0.717) is 18.2 Å². The molecule has 0 saturated carbocycles. The molecule has 0 atom stereocenters. The van der Waals surface area contributed by atoms with Gasteiger partial charge in [0, 0.05) is 11.1 Å². The number of ether oxygens (including phenoxy) is 1.